The molecular formula is C14H28N2O2. The molecule has 18 heavy (non-hydrogen) atoms. The maximum Gasteiger partial charge on any atom is 0.237 e. The van der Waals surface area contributed by atoms with Crippen LogP contribution in [0.2, 0.25) is 0 Å². The third-order valence-corrected chi connectivity index (χ3v) is 3.69. The zero-order valence-electron chi connectivity index (χ0n) is 12.0. The molecule has 1 aliphatic heterocycles. The van der Waals surface area contributed by atoms with Gasteiger partial charge in [-0.25, -0.2) is 0 Å². The normalized spacial score (nSPS) is 23.7. The van der Waals surface area contributed by atoms with Gasteiger partial charge in [0.25, 0.3) is 0 Å². The van der Waals surface area contributed by atoms with Gasteiger partial charge in [0.1, 0.15) is 0 Å². The molecule has 0 saturated carbocycles. The van der Waals surface area contributed by atoms with E-state index in [2.05, 4.69) is 24.1 Å². The highest BCUT2D eigenvalue weighted by Crippen LogP contribution is 2.19. The minimum absolute atomic E-state index is 0.0871. The molecule has 2 atom stereocenters. The van der Waals surface area contributed by atoms with Gasteiger partial charge in [0.05, 0.1) is 12.6 Å². The van der Waals surface area contributed by atoms with Crippen LogP contribution in [0.4, 0.5) is 0 Å². The summed E-state index contributed by atoms with van der Waals surface area (Å²) in [6.45, 7) is 7.93. The number of hydrogen-bond donors (Lipinski definition) is 2. The molecule has 106 valence electrons. The summed E-state index contributed by atoms with van der Waals surface area (Å²) in [6.07, 6.45) is 4.48. The number of aliphatic hydroxyl groups is 1. The van der Waals surface area contributed by atoms with Gasteiger partial charge in [-0.3, -0.25) is 9.69 Å². The highest BCUT2D eigenvalue weighted by Gasteiger charge is 2.28. The van der Waals surface area contributed by atoms with Crippen molar-refractivity contribution in [3.05, 3.63) is 0 Å². The summed E-state index contributed by atoms with van der Waals surface area (Å²) < 4.78 is 0. The average molecular weight is 256 g/mol. The molecule has 2 unspecified atom stereocenters. The molecule has 1 heterocycles. The van der Waals surface area contributed by atoms with E-state index in [9.17, 15) is 9.90 Å². The van der Waals surface area contributed by atoms with Crippen LogP contribution in [-0.2, 0) is 4.79 Å². The van der Waals surface area contributed by atoms with Crippen molar-refractivity contribution in [3.63, 3.8) is 0 Å². The second-order valence-corrected chi connectivity index (χ2v) is 5.74. The molecule has 4 heteroatoms. The molecule has 0 aromatic rings. The van der Waals surface area contributed by atoms with Gasteiger partial charge >= 0.3 is 0 Å². The molecule has 1 amide bonds. The third kappa shape index (κ3) is 4.58. The standard InChI is InChI=1S/C14H28N2O2/c1-11(2)9-15-14(18)12(3)16-8-6-4-5-7-13(16)10-17/h11-13,17H,4-10H2,1-3H3,(H,15,18). The molecule has 1 aliphatic rings. The van der Waals surface area contributed by atoms with E-state index in [1.165, 1.54) is 6.42 Å². The van der Waals surface area contributed by atoms with Gasteiger partial charge in [-0.15, -0.1) is 0 Å². The maximum absolute atomic E-state index is 12.1. The largest absolute Gasteiger partial charge is 0.395 e. The zero-order valence-corrected chi connectivity index (χ0v) is 12.0. The van der Waals surface area contributed by atoms with Crippen molar-refractivity contribution in [1.82, 2.24) is 10.2 Å². The fourth-order valence-corrected chi connectivity index (χ4v) is 2.51. The quantitative estimate of drug-likeness (QED) is 0.781. The SMILES string of the molecule is CC(C)CNC(=O)C(C)N1CCCCCC1CO. The number of amides is 1. The Morgan fingerprint density at radius 1 is 1.33 bits per heavy atom. The Hall–Kier alpha value is -0.610. The van der Waals surface area contributed by atoms with Crippen LogP contribution in [0, 0.1) is 5.92 Å². The van der Waals surface area contributed by atoms with Crippen molar-refractivity contribution in [1.29, 1.82) is 0 Å². The molecule has 0 aromatic carbocycles. The monoisotopic (exact) mass is 256 g/mol. The van der Waals surface area contributed by atoms with Crippen LogP contribution < -0.4 is 5.32 Å². The van der Waals surface area contributed by atoms with Crippen molar-refractivity contribution in [3.8, 4) is 0 Å². The number of carbonyl (C=O) groups is 1. The second kappa shape index (κ2) is 7.74. The van der Waals surface area contributed by atoms with Crippen LogP contribution in [0.25, 0.3) is 0 Å². The number of hydrogen-bond acceptors (Lipinski definition) is 3. The number of likely N-dealkylation sites (tertiary alicyclic amines) is 1. The smallest absolute Gasteiger partial charge is 0.237 e. The van der Waals surface area contributed by atoms with Gasteiger partial charge in [-0.1, -0.05) is 26.7 Å². The number of nitrogens with zero attached hydrogens (tertiary/aromatic N) is 1. The van der Waals surface area contributed by atoms with E-state index in [4.69, 9.17) is 0 Å². The molecule has 0 spiro atoms. The molecule has 0 aromatic heterocycles. The third-order valence-electron chi connectivity index (χ3n) is 3.69. The molecule has 1 saturated heterocycles. The van der Waals surface area contributed by atoms with Crippen molar-refractivity contribution >= 4 is 5.91 Å². The predicted molar refractivity (Wildman–Crippen MR) is 73.4 cm³/mol. The average Bonchev–Trinajstić information content (AvgIpc) is 2.59. The molecule has 1 rings (SSSR count). The summed E-state index contributed by atoms with van der Waals surface area (Å²) in [4.78, 5) is 14.3. The Morgan fingerprint density at radius 2 is 2.06 bits per heavy atom. The van der Waals surface area contributed by atoms with Crippen LogP contribution in [-0.4, -0.2) is 47.7 Å². The number of carbonyl (C=O) groups excluding carboxylic acids is 1. The van der Waals surface area contributed by atoms with E-state index in [1.54, 1.807) is 0 Å². The van der Waals surface area contributed by atoms with E-state index < -0.39 is 0 Å². The van der Waals surface area contributed by atoms with Crippen LogP contribution in [0.1, 0.15) is 46.5 Å². The summed E-state index contributed by atoms with van der Waals surface area (Å²) in [6, 6.07) is 0.00583. The van der Waals surface area contributed by atoms with Crippen molar-refractivity contribution in [2.45, 2.75) is 58.5 Å². The Bertz CT molecular complexity index is 256. The van der Waals surface area contributed by atoms with Crippen LogP contribution >= 0.6 is 0 Å². The van der Waals surface area contributed by atoms with Gasteiger partial charge in [0, 0.05) is 12.6 Å². The lowest BCUT2D eigenvalue weighted by atomic mass is 10.1. The summed E-state index contributed by atoms with van der Waals surface area (Å²) in [5.74, 6) is 0.558. The number of nitrogens with one attached hydrogen (secondary N) is 1. The fourth-order valence-electron chi connectivity index (χ4n) is 2.51. The molecule has 0 bridgehead atoms. The van der Waals surface area contributed by atoms with Crippen LogP contribution in [0.5, 0.6) is 0 Å². The second-order valence-electron chi connectivity index (χ2n) is 5.74. The van der Waals surface area contributed by atoms with Gasteiger partial charge in [-0.2, -0.15) is 0 Å². The van der Waals surface area contributed by atoms with E-state index in [-0.39, 0.29) is 24.6 Å². The predicted octanol–water partition coefficient (Wildman–Crippen LogP) is 1.38. The van der Waals surface area contributed by atoms with Crippen molar-refractivity contribution in [2.75, 3.05) is 19.7 Å². The Kier molecular flexibility index (Phi) is 6.65. The maximum atomic E-state index is 12.1. The molecule has 0 radical (unpaired) electrons. The van der Waals surface area contributed by atoms with Crippen molar-refractivity contribution < 1.29 is 9.90 Å². The van der Waals surface area contributed by atoms with Crippen LogP contribution in [0.15, 0.2) is 0 Å². The topological polar surface area (TPSA) is 52.6 Å². The minimum Gasteiger partial charge on any atom is -0.395 e. The first-order chi connectivity index (χ1) is 8.56. The summed E-state index contributed by atoms with van der Waals surface area (Å²) in [7, 11) is 0. The molecular weight excluding hydrogens is 228 g/mol. The van der Waals surface area contributed by atoms with Gasteiger partial charge in [-0.05, 0) is 32.2 Å². The summed E-state index contributed by atoms with van der Waals surface area (Å²) in [5, 5.41) is 12.4. The van der Waals surface area contributed by atoms with E-state index >= 15 is 0 Å². The molecule has 1 fully saturated rings. The summed E-state index contributed by atoms with van der Waals surface area (Å²) >= 11 is 0. The van der Waals surface area contributed by atoms with E-state index in [1.807, 2.05) is 6.92 Å². The lowest BCUT2D eigenvalue weighted by Crippen LogP contribution is -2.51. The molecule has 0 aliphatic carbocycles. The fraction of sp³-hybridized carbons (Fsp3) is 0.929. The van der Waals surface area contributed by atoms with Gasteiger partial charge in [0.2, 0.25) is 5.91 Å². The Morgan fingerprint density at radius 3 is 2.67 bits per heavy atom. The first-order valence-electron chi connectivity index (χ1n) is 7.20. The molecule has 4 nitrogen and oxygen atoms in total. The van der Waals surface area contributed by atoms with Gasteiger partial charge < -0.3 is 10.4 Å². The van der Waals surface area contributed by atoms with Crippen molar-refractivity contribution in [2.24, 2.45) is 5.92 Å². The van der Waals surface area contributed by atoms with Gasteiger partial charge in [0.15, 0.2) is 0 Å². The van der Waals surface area contributed by atoms with E-state index in [0.29, 0.717) is 5.92 Å². The highest BCUT2D eigenvalue weighted by atomic mass is 16.3. The number of rotatable bonds is 5. The number of aliphatic hydroxyl groups excluding tert-OH is 1. The van der Waals surface area contributed by atoms with E-state index in [0.717, 1.165) is 32.4 Å². The summed E-state index contributed by atoms with van der Waals surface area (Å²) in [5.41, 5.74) is 0. The highest BCUT2D eigenvalue weighted by molar-refractivity contribution is 5.81. The minimum atomic E-state index is -0.140. The lowest BCUT2D eigenvalue weighted by molar-refractivity contribution is -0.127. The Labute approximate surface area is 111 Å². The zero-order chi connectivity index (χ0) is 13.5. The first-order valence-corrected chi connectivity index (χ1v) is 7.20. The molecule has 2 N–H and O–H groups in total. The lowest BCUT2D eigenvalue weighted by Gasteiger charge is -2.33. The Balaban J connectivity index is 2.55. The first kappa shape index (κ1) is 15.4. The van der Waals surface area contributed by atoms with Crippen LogP contribution in [0.3, 0.4) is 0 Å².